The molecule has 0 aromatic rings. The van der Waals surface area contributed by atoms with Crippen LogP contribution in [-0.2, 0) is 4.79 Å². The van der Waals surface area contributed by atoms with Gasteiger partial charge >= 0.3 is 0 Å². The minimum atomic E-state index is -0.882. The standard InChI is InChI=1S/C14H26N2O3/c1-2-14(8-17,9-18)16-13(19)12-7-10-5-3-4-6-11(10)15-12/h10-12,15,17-18H,2-9H2,1H3,(H,16,19). The molecular weight excluding hydrogens is 244 g/mol. The molecule has 0 radical (unpaired) electrons. The number of aliphatic hydroxyl groups excluding tert-OH is 2. The van der Waals surface area contributed by atoms with Crippen molar-refractivity contribution in [3.05, 3.63) is 0 Å². The van der Waals surface area contributed by atoms with E-state index < -0.39 is 5.54 Å². The molecule has 1 heterocycles. The molecule has 4 N–H and O–H groups in total. The van der Waals surface area contributed by atoms with Gasteiger partial charge in [-0.1, -0.05) is 19.8 Å². The molecule has 0 aromatic heterocycles. The third-order valence-corrected chi connectivity index (χ3v) is 4.85. The van der Waals surface area contributed by atoms with Gasteiger partial charge in [-0.05, 0) is 31.6 Å². The average molecular weight is 270 g/mol. The quantitative estimate of drug-likeness (QED) is 0.573. The minimum Gasteiger partial charge on any atom is -0.394 e. The molecule has 0 aromatic carbocycles. The normalized spacial score (nSPS) is 31.0. The second-order valence-corrected chi connectivity index (χ2v) is 6.05. The van der Waals surface area contributed by atoms with E-state index in [1.807, 2.05) is 6.92 Å². The van der Waals surface area contributed by atoms with Crippen molar-refractivity contribution < 1.29 is 15.0 Å². The van der Waals surface area contributed by atoms with Crippen LogP contribution in [0.1, 0.15) is 45.4 Å². The molecule has 5 nitrogen and oxygen atoms in total. The summed E-state index contributed by atoms with van der Waals surface area (Å²) in [6.45, 7) is 1.39. The topological polar surface area (TPSA) is 81.6 Å². The van der Waals surface area contributed by atoms with Crippen LogP contribution in [0.25, 0.3) is 0 Å². The highest BCUT2D eigenvalue weighted by atomic mass is 16.3. The van der Waals surface area contributed by atoms with E-state index in [1.54, 1.807) is 0 Å². The van der Waals surface area contributed by atoms with Crippen LogP contribution >= 0.6 is 0 Å². The average Bonchev–Trinajstić information content (AvgIpc) is 2.89. The van der Waals surface area contributed by atoms with Crippen molar-refractivity contribution in [2.75, 3.05) is 13.2 Å². The lowest BCUT2D eigenvalue weighted by Gasteiger charge is -2.31. The van der Waals surface area contributed by atoms with Gasteiger partial charge in [0.05, 0.1) is 24.8 Å². The number of hydrogen-bond acceptors (Lipinski definition) is 4. The first-order valence-electron chi connectivity index (χ1n) is 7.44. The maximum Gasteiger partial charge on any atom is 0.237 e. The Morgan fingerprint density at radius 1 is 1.32 bits per heavy atom. The number of aliphatic hydroxyl groups is 2. The number of fused-ring (bicyclic) bond motifs is 1. The molecule has 2 rings (SSSR count). The summed E-state index contributed by atoms with van der Waals surface area (Å²) in [7, 11) is 0. The Kier molecular flexibility index (Phi) is 4.81. The smallest absolute Gasteiger partial charge is 0.237 e. The highest BCUT2D eigenvalue weighted by Gasteiger charge is 2.40. The van der Waals surface area contributed by atoms with Gasteiger partial charge in [-0.15, -0.1) is 0 Å². The van der Waals surface area contributed by atoms with Crippen LogP contribution in [0.4, 0.5) is 0 Å². The zero-order valence-corrected chi connectivity index (χ0v) is 11.7. The van der Waals surface area contributed by atoms with Crippen LogP contribution < -0.4 is 10.6 Å². The lowest BCUT2D eigenvalue weighted by atomic mass is 9.85. The zero-order valence-electron chi connectivity index (χ0n) is 11.7. The van der Waals surface area contributed by atoms with Crippen molar-refractivity contribution in [3.8, 4) is 0 Å². The molecule has 3 atom stereocenters. The lowest BCUT2D eigenvalue weighted by Crippen LogP contribution is -2.57. The maximum atomic E-state index is 12.3. The predicted octanol–water partition coefficient (Wildman–Crippen LogP) is 0.157. The first kappa shape index (κ1) is 14.8. The SMILES string of the molecule is CCC(CO)(CO)NC(=O)C1CC2CCCCC2N1. The molecule has 2 fully saturated rings. The van der Waals surface area contributed by atoms with E-state index in [2.05, 4.69) is 10.6 Å². The molecule has 19 heavy (non-hydrogen) atoms. The number of nitrogens with one attached hydrogen (secondary N) is 2. The van der Waals surface area contributed by atoms with E-state index in [-0.39, 0.29) is 25.2 Å². The fourth-order valence-electron chi connectivity index (χ4n) is 3.31. The van der Waals surface area contributed by atoms with Gasteiger partial charge < -0.3 is 20.8 Å². The number of carbonyl (C=O) groups excluding carboxylic acids is 1. The number of hydrogen-bond donors (Lipinski definition) is 4. The summed E-state index contributed by atoms with van der Waals surface area (Å²) in [6.07, 6.45) is 6.28. The Morgan fingerprint density at radius 3 is 2.58 bits per heavy atom. The van der Waals surface area contributed by atoms with Gasteiger partial charge in [0.15, 0.2) is 0 Å². The molecule has 5 heteroatoms. The molecule has 1 aliphatic heterocycles. The summed E-state index contributed by atoms with van der Waals surface area (Å²) in [4.78, 5) is 12.3. The molecule has 1 amide bonds. The maximum absolute atomic E-state index is 12.3. The summed E-state index contributed by atoms with van der Waals surface area (Å²) in [5.74, 6) is 0.531. The molecule has 3 unspecified atom stereocenters. The lowest BCUT2D eigenvalue weighted by molar-refractivity contribution is -0.126. The molecule has 2 aliphatic rings. The van der Waals surface area contributed by atoms with Crippen molar-refractivity contribution >= 4 is 5.91 Å². The fraction of sp³-hybridized carbons (Fsp3) is 0.929. The number of carbonyl (C=O) groups is 1. The minimum absolute atomic E-state index is 0.0839. The molecular formula is C14H26N2O3. The molecule has 1 saturated heterocycles. The Bertz CT molecular complexity index is 296. The number of rotatable bonds is 5. The van der Waals surface area contributed by atoms with E-state index in [0.717, 1.165) is 12.8 Å². The zero-order chi connectivity index (χ0) is 13.9. The van der Waals surface area contributed by atoms with Crippen LogP contribution in [0.3, 0.4) is 0 Å². The summed E-state index contributed by atoms with van der Waals surface area (Å²) in [5.41, 5.74) is -0.882. The second kappa shape index (κ2) is 6.20. The van der Waals surface area contributed by atoms with Gasteiger partial charge in [-0.3, -0.25) is 4.79 Å². The van der Waals surface area contributed by atoms with E-state index in [1.165, 1.54) is 19.3 Å². The molecule has 0 bridgehead atoms. The van der Waals surface area contributed by atoms with Crippen LogP contribution in [0.15, 0.2) is 0 Å². The van der Waals surface area contributed by atoms with Gasteiger partial charge in [0.1, 0.15) is 0 Å². The largest absolute Gasteiger partial charge is 0.394 e. The Hall–Kier alpha value is -0.650. The first-order valence-corrected chi connectivity index (χ1v) is 7.44. The van der Waals surface area contributed by atoms with Crippen molar-refractivity contribution in [2.24, 2.45) is 5.92 Å². The van der Waals surface area contributed by atoms with Crippen molar-refractivity contribution in [3.63, 3.8) is 0 Å². The molecule has 1 aliphatic carbocycles. The summed E-state index contributed by atoms with van der Waals surface area (Å²) < 4.78 is 0. The summed E-state index contributed by atoms with van der Waals surface area (Å²) in [6, 6.07) is 0.306. The third kappa shape index (κ3) is 3.09. The summed E-state index contributed by atoms with van der Waals surface area (Å²) >= 11 is 0. The van der Waals surface area contributed by atoms with Gasteiger partial charge in [-0.25, -0.2) is 0 Å². The van der Waals surface area contributed by atoms with Gasteiger partial charge in [0.25, 0.3) is 0 Å². The van der Waals surface area contributed by atoms with Crippen LogP contribution in [0.2, 0.25) is 0 Å². The van der Waals surface area contributed by atoms with Gasteiger partial charge in [0, 0.05) is 6.04 Å². The van der Waals surface area contributed by atoms with Crippen molar-refractivity contribution in [1.29, 1.82) is 0 Å². The van der Waals surface area contributed by atoms with E-state index in [0.29, 0.717) is 18.4 Å². The Labute approximate surface area is 114 Å². The Morgan fingerprint density at radius 2 is 2.00 bits per heavy atom. The molecule has 1 saturated carbocycles. The van der Waals surface area contributed by atoms with E-state index >= 15 is 0 Å². The molecule has 110 valence electrons. The van der Waals surface area contributed by atoms with Crippen molar-refractivity contribution in [1.82, 2.24) is 10.6 Å². The van der Waals surface area contributed by atoms with Crippen LogP contribution in [-0.4, -0.2) is 47.0 Å². The highest BCUT2D eigenvalue weighted by molar-refractivity contribution is 5.83. The van der Waals surface area contributed by atoms with Crippen LogP contribution in [0, 0.1) is 5.92 Å². The summed E-state index contributed by atoms with van der Waals surface area (Å²) in [5, 5.41) is 25.0. The second-order valence-electron chi connectivity index (χ2n) is 6.05. The highest BCUT2D eigenvalue weighted by Crippen LogP contribution is 2.33. The first-order chi connectivity index (χ1) is 9.14. The fourth-order valence-corrected chi connectivity index (χ4v) is 3.31. The molecule has 0 spiro atoms. The van der Waals surface area contributed by atoms with Crippen LogP contribution in [0.5, 0.6) is 0 Å². The van der Waals surface area contributed by atoms with Crippen molar-refractivity contribution in [2.45, 2.75) is 63.1 Å². The van der Waals surface area contributed by atoms with E-state index in [4.69, 9.17) is 0 Å². The van der Waals surface area contributed by atoms with Gasteiger partial charge in [-0.2, -0.15) is 0 Å². The van der Waals surface area contributed by atoms with Gasteiger partial charge in [0.2, 0.25) is 5.91 Å². The third-order valence-electron chi connectivity index (χ3n) is 4.85. The Balaban J connectivity index is 1.93. The predicted molar refractivity (Wildman–Crippen MR) is 72.6 cm³/mol. The number of amides is 1. The monoisotopic (exact) mass is 270 g/mol. The van der Waals surface area contributed by atoms with E-state index in [9.17, 15) is 15.0 Å².